The van der Waals surface area contributed by atoms with Crippen LogP contribution in [0.5, 0.6) is 5.75 Å². The highest BCUT2D eigenvalue weighted by Crippen LogP contribution is 2.40. The lowest BCUT2D eigenvalue weighted by Crippen LogP contribution is -1.94. The largest absolute Gasteiger partial charge is 0.496 e. The fourth-order valence-electron chi connectivity index (χ4n) is 2.01. The van der Waals surface area contributed by atoms with E-state index in [1.54, 1.807) is 7.11 Å². The van der Waals surface area contributed by atoms with Crippen LogP contribution < -0.4 is 10.5 Å². The van der Waals surface area contributed by atoms with E-state index in [0.717, 1.165) is 16.7 Å². The van der Waals surface area contributed by atoms with Crippen molar-refractivity contribution in [3.05, 3.63) is 27.9 Å². The number of nitrogens with two attached hydrogens (primary N) is 1. The fourth-order valence-corrected chi connectivity index (χ4v) is 2.16. The predicted molar refractivity (Wildman–Crippen MR) is 72.1 cm³/mol. The molecule has 0 spiro atoms. The van der Waals surface area contributed by atoms with Gasteiger partial charge in [0.25, 0.3) is 6.01 Å². The van der Waals surface area contributed by atoms with Crippen molar-refractivity contribution >= 4 is 17.6 Å². The van der Waals surface area contributed by atoms with Crippen LogP contribution in [0.1, 0.15) is 16.8 Å². The van der Waals surface area contributed by atoms with Crippen molar-refractivity contribution in [1.29, 1.82) is 0 Å². The van der Waals surface area contributed by atoms with Crippen LogP contribution in [0.15, 0.2) is 10.5 Å². The molecule has 2 rings (SSSR count). The zero-order valence-corrected chi connectivity index (χ0v) is 11.6. The quantitative estimate of drug-likeness (QED) is 0.903. The van der Waals surface area contributed by atoms with Crippen LogP contribution in [-0.2, 0) is 0 Å². The van der Waals surface area contributed by atoms with E-state index in [9.17, 15) is 0 Å². The topological polar surface area (TPSA) is 61.3 Å². The van der Waals surface area contributed by atoms with Gasteiger partial charge in [-0.2, -0.15) is 4.98 Å². The van der Waals surface area contributed by atoms with E-state index in [2.05, 4.69) is 4.98 Å². The SMILES string of the molecule is COc1cc(C)c(Cl)c(C)c1-c1oc(N)nc1C. The Morgan fingerprint density at radius 1 is 1.33 bits per heavy atom. The highest BCUT2D eigenvalue weighted by Gasteiger charge is 2.20. The molecule has 0 unspecified atom stereocenters. The number of aryl methyl sites for hydroxylation is 2. The Bertz CT molecular complexity index is 606. The van der Waals surface area contributed by atoms with Gasteiger partial charge in [0.2, 0.25) is 0 Å². The Morgan fingerprint density at radius 2 is 2.00 bits per heavy atom. The molecule has 0 aliphatic rings. The molecule has 2 aromatic rings. The van der Waals surface area contributed by atoms with Gasteiger partial charge in [-0.1, -0.05) is 11.6 Å². The van der Waals surface area contributed by atoms with Crippen molar-refractivity contribution in [2.75, 3.05) is 12.8 Å². The molecule has 1 heterocycles. The Hall–Kier alpha value is -1.68. The number of anilines is 1. The third-order valence-corrected chi connectivity index (χ3v) is 3.49. The van der Waals surface area contributed by atoms with E-state index < -0.39 is 0 Å². The van der Waals surface area contributed by atoms with Crippen LogP contribution in [0.25, 0.3) is 11.3 Å². The van der Waals surface area contributed by atoms with E-state index in [-0.39, 0.29) is 6.01 Å². The maximum absolute atomic E-state index is 6.27. The van der Waals surface area contributed by atoms with Crippen LogP contribution in [0.3, 0.4) is 0 Å². The van der Waals surface area contributed by atoms with Gasteiger partial charge in [-0.25, -0.2) is 0 Å². The minimum atomic E-state index is 0.139. The van der Waals surface area contributed by atoms with Crippen LogP contribution in [0.4, 0.5) is 6.01 Å². The molecule has 0 saturated heterocycles. The highest BCUT2D eigenvalue weighted by atomic mass is 35.5. The van der Waals surface area contributed by atoms with Gasteiger partial charge in [0.1, 0.15) is 5.75 Å². The average molecular weight is 267 g/mol. The Labute approximate surface area is 111 Å². The number of nitrogens with zero attached hydrogens (tertiary/aromatic N) is 1. The Morgan fingerprint density at radius 3 is 2.50 bits per heavy atom. The molecule has 4 nitrogen and oxygen atoms in total. The summed E-state index contributed by atoms with van der Waals surface area (Å²) in [6.07, 6.45) is 0. The second-order valence-corrected chi connectivity index (χ2v) is 4.55. The first-order valence-corrected chi connectivity index (χ1v) is 5.90. The molecule has 0 fully saturated rings. The van der Waals surface area contributed by atoms with E-state index in [1.165, 1.54) is 0 Å². The summed E-state index contributed by atoms with van der Waals surface area (Å²) in [7, 11) is 1.61. The van der Waals surface area contributed by atoms with Crippen molar-refractivity contribution in [1.82, 2.24) is 4.98 Å². The summed E-state index contributed by atoms with van der Waals surface area (Å²) in [5.74, 6) is 1.30. The Balaban J connectivity index is 2.77. The number of nitrogen functional groups attached to an aromatic ring is 1. The number of rotatable bonds is 2. The summed E-state index contributed by atoms with van der Waals surface area (Å²) >= 11 is 6.27. The Kier molecular flexibility index (Phi) is 3.22. The van der Waals surface area contributed by atoms with Crippen molar-refractivity contribution in [2.24, 2.45) is 0 Å². The number of hydrogen-bond acceptors (Lipinski definition) is 4. The summed E-state index contributed by atoms with van der Waals surface area (Å²) in [5.41, 5.74) is 8.95. The smallest absolute Gasteiger partial charge is 0.292 e. The van der Waals surface area contributed by atoms with Crippen molar-refractivity contribution in [3.63, 3.8) is 0 Å². The fraction of sp³-hybridized carbons (Fsp3) is 0.308. The normalized spacial score (nSPS) is 10.7. The highest BCUT2D eigenvalue weighted by molar-refractivity contribution is 6.32. The maximum atomic E-state index is 6.27. The molecule has 0 radical (unpaired) electrons. The summed E-state index contributed by atoms with van der Waals surface area (Å²) in [6.45, 7) is 5.69. The summed E-state index contributed by atoms with van der Waals surface area (Å²) < 4.78 is 10.8. The monoisotopic (exact) mass is 266 g/mol. The number of methoxy groups -OCH3 is 1. The standard InChI is InChI=1S/C13H15ClN2O2/c1-6-5-9(17-4)10(7(2)11(6)14)12-8(3)16-13(15)18-12/h5H,1-4H3,(H2,15,16). The van der Waals surface area contributed by atoms with E-state index in [0.29, 0.717) is 22.2 Å². The van der Waals surface area contributed by atoms with Gasteiger partial charge in [0.15, 0.2) is 5.76 Å². The summed E-state index contributed by atoms with van der Waals surface area (Å²) in [6, 6.07) is 2.02. The lowest BCUT2D eigenvalue weighted by Gasteiger charge is -2.13. The molecule has 0 atom stereocenters. The molecule has 18 heavy (non-hydrogen) atoms. The molecule has 1 aromatic heterocycles. The van der Waals surface area contributed by atoms with Gasteiger partial charge in [-0.3, -0.25) is 0 Å². The average Bonchev–Trinajstić information content (AvgIpc) is 2.64. The minimum Gasteiger partial charge on any atom is -0.496 e. The van der Waals surface area contributed by atoms with Crippen LogP contribution >= 0.6 is 11.6 Å². The van der Waals surface area contributed by atoms with Crippen molar-refractivity contribution < 1.29 is 9.15 Å². The predicted octanol–water partition coefficient (Wildman–Crippen LogP) is 3.51. The first kappa shape index (κ1) is 12.8. The first-order chi connectivity index (χ1) is 8.45. The molecule has 5 heteroatoms. The van der Waals surface area contributed by atoms with Crippen LogP contribution in [-0.4, -0.2) is 12.1 Å². The van der Waals surface area contributed by atoms with E-state index >= 15 is 0 Å². The second-order valence-electron chi connectivity index (χ2n) is 4.18. The molecular weight excluding hydrogens is 252 g/mol. The maximum Gasteiger partial charge on any atom is 0.292 e. The number of ether oxygens (including phenoxy) is 1. The number of halogens is 1. The molecule has 96 valence electrons. The van der Waals surface area contributed by atoms with Crippen molar-refractivity contribution in [3.8, 4) is 17.1 Å². The lowest BCUT2D eigenvalue weighted by atomic mass is 10.0. The van der Waals surface area contributed by atoms with Gasteiger partial charge >= 0.3 is 0 Å². The minimum absolute atomic E-state index is 0.139. The molecule has 2 N–H and O–H groups in total. The van der Waals surface area contributed by atoms with Gasteiger partial charge in [-0.05, 0) is 38.0 Å². The van der Waals surface area contributed by atoms with Gasteiger partial charge < -0.3 is 14.9 Å². The van der Waals surface area contributed by atoms with Crippen LogP contribution in [0, 0.1) is 20.8 Å². The zero-order valence-electron chi connectivity index (χ0n) is 10.8. The molecule has 0 bridgehead atoms. The molecular formula is C13H15ClN2O2. The van der Waals surface area contributed by atoms with Crippen LogP contribution in [0.2, 0.25) is 5.02 Å². The van der Waals surface area contributed by atoms with E-state index in [4.69, 9.17) is 26.5 Å². The molecule has 0 amide bonds. The lowest BCUT2D eigenvalue weighted by molar-refractivity contribution is 0.414. The van der Waals surface area contributed by atoms with Gasteiger partial charge in [-0.15, -0.1) is 0 Å². The number of oxazole rings is 1. The summed E-state index contributed by atoms with van der Waals surface area (Å²) in [4.78, 5) is 4.07. The number of benzene rings is 1. The molecule has 0 aliphatic carbocycles. The first-order valence-electron chi connectivity index (χ1n) is 5.52. The zero-order chi connectivity index (χ0) is 13.4. The summed E-state index contributed by atoms with van der Waals surface area (Å²) in [5, 5.41) is 0.695. The second kappa shape index (κ2) is 4.53. The molecule has 0 saturated carbocycles. The van der Waals surface area contributed by atoms with Gasteiger partial charge in [0, 0.05) is 5.02 Å². The van der Waals surface area contributed by atoms with Gasteiger partial charge in [0.05, 0.1) is 18.4 Å². The van der Waals surface area contributed by atoms with E-state index in [1.807, 2.05) is 26.8 Å². The third-order valence-electron chi connectivity index (χ3n) is 2.90. The molecule has 1 aromatic carbocycles. The third kappa shape index (κ3) is 1.93. The molecule has 0 aliphatic heterocycles. The number of hydrogen-bond donors (Lipinski definition) is 1. The van der Waals surface area contributed by atoms with Crippen molar-refractivity contribution in [2.45, 2.75) is 20.8 Å². The number of aromatic nitrogens is 1.